The number of para-hydroxylation sites is 1. The fourth-order valence-electron chi connectivity index (χ4n) is 3.59. The van der Waals surface area contributed by atoms with Gasteiger partial charge in [0, 0.05) is 11.6 Å². The summed E-state index contributed by atoms with van der Waals surface area (Å²) in [5.74, 6) is 0.287. The maximum absolute atomic E-state index is 12.9. The van der Waals surface area contributed by atoms with Crippen LogP contribution in [0.5, 0.6) is 0 Å². The van der Waals surface area contributed by atoms with Gasteiger partial charge < -0.3 is 5.32 Å². The number of amides is 1. The number of carbonyl (C=O) groups is 1. The van der Waals surface area contributed by atoms with Crippen molar-refractivity contribution in [3.63, 3.8) is 0 Å². The highest BCUT2D eigenvalue weighted by molar-refractivity contribution is 6.04. The smallest absolute Gasteiger partial charge is 0.263 e. The first-order valence-corrected chi connectivity index (χ1v) is 10.4. The molecule has 2 aromatic carbocycles. The molecule has 0 fully saturated rings. The van der Waals surface area contributed by atoms with Crippen LogP contribution in [0.1, 0.15) is 27.2 Å². The first-order chi connectivity index (χ1) is 15.9. The Balaban J connectivity index is 1.58. The molecule has 9 heteroatoms. The van der Waals surface area contributed by atoms with Crippen LogP contribution < -0.4 is 10.9 Å². The number of anilines is 1. The van der Waals surface area contributed by atoms with Crippen molar-refractivity contribution in [2.24, 2.45) is 0 Å². The molecule has 3 heterocycles. The van der Waals surface area contributed by atoms with Gasteiger partial charge >= 0.3 is 0 Å². The summed E-state index contributed by atoms with van der Waals surface area (Å²) in [4.78, 5) is 33.0. The van der Waals surface area contributed by atoms with Gasteiger partial charge in [0.15, 0.2) is 5.65 Å². The number of hydrogen-bond acceptors (Lipinski definition) is 5. The molecule has 5 rings (SSSR count). The summed E-state index contributed by atoms with van der Waals surface area (Å²) in [7, 11) is 0. The van der Waals surface area contributed by atoms with Crippen LogP contribution in [0.3, 0.4) is 0 Å². The molecule has 164 valence electrons. The van der Waals surface area contributed by atoms with E-state index in [1.165, 1.54) is 10.9 Å². The Kier molecular flexibility index (Phi) is 4.86. The number of nitrogens with zero attached hydrogens (tertiary/aromatic N) is 5. The largest absolute Gasteiger partial charge is 0.306 e. The molecule has 5 aromatic rings. The minimum atomic E-state index is -0.350. The average Bonchev–Trinajstić information content (AvgIpc) is 3.39. The molecule has 0 aliphatic rings. The van der Waals surface area contributed by atoms with Gasteiger partial charge in [-0.25, -0.2) is 4.68 Å². The standard InChI is InChI=1S/C24H21N7O2/c1-14-9-10-17(11-15(14)2)22(32)26-20-12-16(3)29-31(20)24-27-21-19(23(33)28-24)13-25-30(21)18-7-5-4-6-8-18/h4-13H,1-3H3,(H,26,32)(H,27,28,33). The summed E-state index contributed by atoms with van der Waals surface area (Å²) in [6.07, 6.45) is 1.48. The van der Waals surface area contributed by atoms with E-state index in [9.17, 15) is 9.59 Å². The third-order valence-electron chi connectivity index (χ3n) is 5.47. The highest BCUT2D eigenvalue weighted by atomic mass is 16.2. The minimum Gasteiger partial charge on any atom is -0.306 e. The molecule has 9 nitrogen and oxygen atoms in total. The lowest BCUT2D eigenvalue weighted by molar-refractivity contribution is 0.102. The number of carbonyl (C=O) groups excluding carboxylic acids is 1. The molecule has 33 heavy (non-hydrogen) atoms. The van der Waals surface area contributed by atoms with Gasteiger partial charge in [-0.2, -0.15) is 19.9 Å². The second kappa shape index (κ2) is 7.86. The maximum Gasteiger partial charge on any atom is 0.263 e. The van der Waals surface area contributed by atoms with Crippen molar-refractivity contribution in [2.45, 2.75) is 20.8 Å². The van der Waals surface area contributed by atoms with Crippen LogP contribution in [0.15, 0.2) is 65.6 Å². The Hall–Kier alpha value is -4.53. The fraction of sp³-hybridized carbons (Fsp3) is 0.125. The van der Waals surface area contributed by atoms with E-state index < -0.39 is 0 Å². The number of fused-ring (bicyclic) bond motifs is 1. The van der Waals surface area contributed by atoms with Crippen molar-refractivity contribution in [1.82, 2.24) is 29.5 Å². The summed E-state index contributed by atoms with van der Waals surface area (Å²) < 4.78 is 3.01. The van der Waals surface area contributed by atoms with Crippen LogP contribution in [0, 0.1) is 20.8 Å². The molecular weight excluding hydrogens is 418 g/mol. The molecule has 0 aliphatic carbocycles. The number of H-pyrrole nitrogens is 1. The van der Waals surface area contributed by atoms with Gasteiger partial charge in [-0.1, -0.05) is 24.3 Å². The van der Waals surface area contributed by atoms with Crippen LogP contribution in [-0.2, 0) is 0 Å². The maximum atomic E-state index is 12.9. The van der Waals surface area contributed by atoms with Gasteiger partial charge in [0.25, 0.3) is 11.5 Å². The van der Waals surface area contributed by atoms with Crippen LogP contribution in [0.25, 0.3) is 22.7 Å². The zero-order chi connectivity index (χ0) is 23.1. The molecule has 3 aromatic heterocycles. The van der Waals surface area contributed by atoms with Gasteiger partial charge in [0.05, 0.1) is 17.6 Å². The number of benzene rings is 2. The van der Waals surface area contributed by atoms with Crippen molar-refractivity contribution in [3.8, 4) is 11.6 Å². The Morgan fingerprint density at radius 3 is 2.52 bits per heavy atom. The van der Waals surface area contributed by atoms with E-state index in [1.54, 1.807) is 23.7 Å². The Morgan fingerprint density at radius 2 is 1.76 bits per heavy atom. The van der Waals surface area contributed by atoms with E-state index in [2.05, 4.69) is 25.5 Å². The minimum absolute atomic E-state index is 0.175. The summed E-state index contributed by atoms with van der Waals surface area (Å²) in [5.41, 5.74) is 4.13. The third-order valence-corrected chi connectivity index (χ3v) is 5.47. The van der Waals surface area contributed by atoms with Gasteiger partial charge in [-0.05, 0) is 56.2 Å². The van der Waals surface area contributed by atoms with E-state index in [0.29, 0.717) is 28.1 Å². The van der Waals surface area contributed by atoms with Crippen molar-refractivity contribution < 1.29 is 4.79 Å². The second-order valence-electron chi connectivity index (χ2n) is 7.85. The number of hydrogen-bond donors (Lipinski definition) is 2. The Morgan fingerprint density at radius 1 is 0.970 bits per heavy atom. The first kappa shape index (κ1) is 20.4. The van der Waals surface area contributed by atoms with Crippen LogP contribution in [0.2, 0.25) is 0 Å². The number of aromatic nitrogens is 6. The second-order valence-corrected chi connectivity index (χ2v) is 7.85. The van der Waals surface area contributed by atoms with Gasteiger partial charge in [-0.3, -0.25) is 14.6 Å². The lowest BCUT2D eigenvalue weighted by Gasteiger charge is -2.10. The van der Waals surface area contributed by atoms with Gasteiger partial charge in [-0.15, -0.1) is 0 Å². The highest BCUT2D eigenvalue weighted by Crippen LogP contribution is 2.19. The average molecular weight is 439 g/mol. The van der Waals surface area contributed by atoms with Crippen LogP contribution in [-0.4, -0.2) is 35.4 Å². The SMILES string of the molecule is Cc1cc(NC(=O)c2ccc(C)c(C)c2)n(-c2nc3c(cnn3-c3ccccc3)c(=O)[nH]2)n1. The van der Waals surface area contributed by atoms with Crippen molar-refractivity contribution >= 4 is 22.8 Å². The van der Waals surface area contributed by atoms with Crippen molar-refractivity contribution in [1.29, 1.82) is 0 Å². The third kappa shape index (κ3) is 3.69. The Labute approximate surface area is 188 Å². The quantitative estimate of drug-likeness (QED) is 0.446. The Bertz CT molecular complexity index is 1560. The number of nitrogens with one attached hydrogen (secondary N) is 2. The number of rotatable bonds is 4. The number of aromatic amines is 1. The zero-order valence-electron chi connectivity index (χ0n) is 18.3. The molecule has 0 atom stereocenters. The van der Waals surface area contributed by atoms with E-state index in [1.807, 2.05) is 56.3 Å². The van der Waals surface area contributed by atoms with Crippen LogP contribution >= 0.6 is 0 Å². The predicted octanol–water partition coefficient (Wildman–Crippen LogP) is 3.47. The van der Waals surface area contributed by atoms with Crippen LogP contribution in [0.4, 0.5) is 5.82 Å². The first-order valence-electron chi connectivity index (χ1n) is 10.4. The molecule has 0 bridgehead atoms. The molecular formula is C24H21N7O2. The molecule has 0 unspecified atom stereocenters. The molecule has 0 aliphatic heterocycles. The van der Waals surface area contributed by atoms with Crippen molar-refractivity contribution in [3.05, 3.63) is 93.5 Å². The summed E-state index contributed by atoms with van der Waals surface area (Å²) in [6.45, 7) is 5.75. The van der Waals surface area contributed by atoms with Gasteiger partial charge in [0.2, 0.25) is 5.95 Å². The normalized spacial score (nSPS) is 11.1. The highest BCUT2D eigenvalue weighted by Gasteiger charge is 2.17. The number of aryl methyl sites for hydroxylation is 3. The predicted molar refractivity (Wildman–Crippen MR) is 125 cm³/mol. The monoisotopic (exact) mass is 439 g/mol. The molecule has 0 spiro atoms. The van der Waals surface area contributed by atoms with Crippen molar-refractivity contribution in [2.75, 3.05) is 5.32 Å². The van der Waals surface area contributed by atoms with E-state index >= 15 is 0 Å². The molecule has 0 saturated carbocycles. The fourth-order valence-corrected chi connectivity index (χ4v) is 3.59. The van der Waals surface area contributed by atoms with E-state index in [-0.39, 0.29) is 17.4 Å². The summed E-state index contributed by atoms with van der Waals surface area (Å²) in [6, 6.07) is 16.7. The van der Waals surface area contributed by atoms with E-state index in [4.69, 9.17) is 0 Å². The summed E-state index contributed by atoms with van der Waals surface area (Å²) in [5, 5.41) is 12.0. The summed E-state index contributed by atoms with van der Waals surface area (Å²) >= 11 is 0. The molecule has 0 saturated heterocycles. The lowest BCUT2D eigenvalue weighted by Crippen LogP contribution is -2.19. The van der Waals surface area contributed by atoms with Gasteiger partial charge in [0.1, 0.15) is 11.2 Å². The molecule has 2 N–H and O–H groups in total. The topological polar surface area (TPSA) is 110 Å². The molecule has 0 radical (unpaired) electrons. The van der Waals surface area contributed by atoms with E-state index in [0.717, 1.165) is 16.8 Å². The lowest BCUT2D eigenvalue weighted by atomic mass is 10.1. The zero-order valence-corrected chi connectivity index (χ0v) is 18.3. The molecule has 1 amide bonds.